The van der Waals surface area contributed by atoms with Crippen LogP contribution in [-0.2, 0) is 37.3 Å². The first-order chi connectivity index (χ1) is 37.6. The van der Waals surface area contributed by atoms with E-state index in [1.54, 1.807) is 0 Å². The molecule has 5 nitrogen and oxygen atoms in total. The molecular weight excluding hydrogens is 1160 g/mol. The van der Waals surface area contributed by atoms with Gasteiger partial charge in [-0.15, -0.1) is 53.3 Å². The SMILES string of the molecule is CC(C)(C)c1cc(-c2cccc(-c3ccccc3)c2N2[CH-]N(c3[c-]c(Oc4[c-]c5c6c(c4)[Si](c4ccccc4)(c4ccccc4)c4cccc(c46)n5-c4cc(C(C)(C)C)ccn4)ccc3)c3ccccc32)cc(C(C)(C)C)c1.[Pt]. The van der Waals surface area contributed by atoms with Crippen LogP contribution in [-0.4, -0.2) is 17.6 Å². The monoisotopic (exact) mass is 1220 g/mol. The van der Waals surface area contributed by atoms with Crippen molar-refractivity contribution in [3.63, 3.8) is 0 Å². The molecule has 0 spiro atoms. The number of pyridine rings is 1. The Morgan fingerprint density at radius 2 is 1.04 bits per heavy atom. The standard InChI is InChI=1S/C72H63N4OSi.Pt/c1-70(2,3)50-38-39-73-66(43-50)76-62-36-23-37-64-67(62)68-63(76)45-55(46-65(68)78(64,56-28-15-11-16-29-56)57-30-17-12-18-31-57)77-54-27-21-26-53(44-54)74-47-75(61-35-20-19-34-60(61)74)69-58(48-24-13-10-14-25-48)32-22-33-59(69)49-40-51(71(4,5)6)42-52(41-49)72(7,8)9;/h10-43,46-47H,1-9H3;/q-3;. The van der Waals surface area contributed by atoms with Gasteiger partial charge in [0.25, 0.3) is 0 Å². The molecule has 0 aliphatic carbocycles. The Balaban J connectivity index is 0.00000623. The number of benzene rings is 9. The van der Waals surface area contributed by atoms with Crippen LogP contribution in [0.1, 0.15) is 79.0 Å². The van der Waals surface area contributed by atoms with E-state index >= 15 is 0 Å². The first-order valence-corrected chi connectivity index (χ1v) is 29.3. The second-order valence-corrected chi connectivity index (χ2v) is 27.9. The van der Waals surface area contributed by atoms with Gasteiger partial charge in [0.1, 0.15) is 5.82 Å². The van der Waals surface area contributed by atoms with E-state index in [1.165, 1.54) is 53.8 Å². The van der Waals surface area contributed by atoms with E-state index in [9.17, 15) is 0 Å². The number of hydrogen-bond acceptors (Lipinski definition) is 4. The van der Waals surface area contributed by atoms with Gasteiger partial charge in [0.15, 0.2) is 8.07 Å². The fourth-order valence-electron chi connectivity index (χ4n) is 12.1. The maximum atomic E-state index is 7.20. The van der Waals surface area contributed by atoms with E-state index in [0.29, 0.717) is 11.5 Å². The van der Waals surface area contributed by atoms with Gasteiger partial charge in [-0.3, -0.25) is 0 Å². The molecule has 4 heterocycles. The molecule has 9 aromatic carbocycles. The first-order valence-electron chi connectivity index (χ1n) is 27.3. The van der Waals surface area contributed by atoms with Crippen LogP contribution in [0, 0.1) is 18.8 Å². The largest absolute Gasteiger partial charge is 0.509 e. The van der Waals surface area contributed by atoms with E-state index in [4.69, 9.17) is 9.72 Å². The molecule has 2 aliphatic rings. The van der Waals surface area contributed by atoms with Crippen molar-refractivity contribution in [3.8, 4) is 39.6 Å². The number of anilines is 4. The Morgan fingerprint density at radius 3 is 1.67 bits per heavy atom. The van der Waals surface area contributed by atoms with Gasteiger partial charge in [-0.2, -0.15) is 6.07 Å². The number of rotatable bonds is 9. The fourth-order valence-corrected chi connectivity index (χ4v) is 17.3. The molecule has 0 saturated carbocycles. The molecule has 0 amide bonds. The maximum Gasteiger partial charge on any atom is 0.155 e. The van der Waals surface area contributed by atoms with Crippen molar-refractivity contribution in [1.82, 2.24) is 9.55 Å². The summed E-state index contributed by atoms with van der Waals surface area (Å²) < 4.78 is 9.51. The molecule has 0 radical (unpaired) electrons. The molecule has 0 fully saturated rings. The van der Waals surface area contributed by atoms with Gasteiger partial charge in [0.05, 0.1) is 0 Å². The van der Waals surface area contributed by atoms with Gasteiger partial charge < -0.3 is 19.1 Å². The van der Waals surface area contributed by atoms with Gasteiger partial charge >= 0.3 is 0 Å². The quantitative estimate of drug-likeness (QED) is 0.107. The normalized spacial score (nSPS) is 13.8. The molecule has 13 rings (SSSR count). The van der Waals surface area contributed by atoms with Crippen molar-refractivity contribution in [2.75, 3.05) is 9.80 Å². The summed E-state index contributed by atoms with van der Waals surface area (Å²) in [5.74, 6) is 2.09. The van der Waals surface area contributed by atoms with Crippen molar-refractivity contribution in [2.24, 2.45) is 0 Å². The average molecular weight is 1220 g/mol. The molecule has 394 valence electrons. The molecule has 0 unspecified atom stereocenters. The van der Waals surface area contributed by atoms with Crippen molar-refractivity contribution >= 4 is 73.4 Å². The van der Waals surface area contributed by atoms with Gasteiger partial charge in [0.2, 0.25) is 0 Å². The van der Waals surface area contributed by atoms with Crippen LogP contribution in [0.3, 0.4) is 0 Å². The van der Waals surface area contributed by atoms with Crippen molar-refractivity contribution in [2.45, 2.75) is 78.6 Å². The minimum atomic E-state index is -2.91. The molecule has 7 heteroatoms. The van der Waals surface area contributed by atoms with E-state index in [-0.39, 0.29) is 37.3 Å². The molecule has 79 heavy (non-hydrogen) atoms. The van der Waals surface area contributed by atoms with E-state index < -0.39 is 8.07 Å². The van der Waals surface area contributed by atoms with Crippen molar-refractivity contribution in [3.05, 3.63) is 248 Å². The maximum absolute atomic E-state index is 7.20. The average Bonchev–Trinajstić information content (AvgIpc) is 2.69. The third-order valence-electron chi connectivity index (χ3n) is 16.0. The summed E-state index contributed by atoms with van der Waals surface area (Å²) in [4.78, 5) is 9.71. The molecule has 2 aliphatic heterocycles. The molecular formula is C72H63N4OPtSi-3. The molecule has 2 aromatic heterocycles. The first kappa shape index (κ1) is 52.0. The van der Waals surface area contributed by atoms with Gasteiger partial charge in [-0.25, -0.2) is 4.98 Å². The van der Waals surface area contributed by atoms with Crippen LogP contribution in [0.5, 0.6) is 11.5 Å². The zero-order valence-corrected chi connectivity index (χ0v) is 49.6. The number of hydrogen-bond donors (Lipinski definition) is 0. The van der Waals surface area contributed by atoms with Crippen LogP contribution in [0.15, 0.2) is 212 Å². The fraction of sp³-hybridized carbons (Fsp3) is 0.167. The number of aromatic nitrogens is 2. The zero-order chi connectivity index (χ0) is 53.7. The second-order valence-electron chi connectivity index (χ2n) is 24.2. The van der Waals surface area contributed by atoms with E-state index in [1.807, 2.05) is 12.3 Å². The topological polar surface area (TPSA) is 33.5 Å². The van der Waals surface area contributed by atoms with Crippen LogP contribution >= 0.6 is 0 Å². The van der Waals surface area contributed by atoms with Crippen LogP contribution in [0.2, 0.25) is 0 Å². The Kier molecular flexibility index (Phi) is 12.9. The van der Waals surface area contributed by atoms with E-state index in [0.717, 1.165) is 56.3 Å². The summed E-state index contributed by atoms with van der Waals surface area (Å²) in [5, 5.41) is 7.78. The second kappa shape index (κ2) is 19.5. The van der Waals surface area contributed by atoms with E-state index in [2.05, 4.69) is 296 Å². The third-order valence-corrected chi connectivity index (χ3v) is 20.9. The number of para-hydroxylation sites is 3. The molecule has 0 atom stereocenters. The molecule has 0 N–H and O–H groups in total. The van der Waals surface area contributed by atoms with Gasteiger partial charge in [0, 0.05) is 72.5 Å². The smallest absolute Gasteiger partial charge is 0.155 e. The minimum absolute atomic E-state index is 0. The number of nitrogens with zero attached hydrogens (tertiary/aromatic N) is 4. The molecule has 0 saturated heterocycles. The summed E-state index contributed by atoms with van der Waals surface area (Å²) in [6.45, 7) is 22.9. The summed E-state index contributed by atoms with van der Waals surface area (Å²) >= 11 is 0. The summed E-state index contributed by atoms with van der Waals surface area (Å²) in [6.07, 6.45) is 1.95. The Morgan fingerprint density at radius 1 is 0.468 bits per heavy atom. The number of ether oxygens (including phenoxy) is 1. The predicted octanol–water partition coefficient (Wildman–Crippen LogP) is 15.9. The summed E-state index contributed by atoms with van der Waals surface area (Å²) in [5.41, 5.74) is 14.5. The van der Waals surface area contributed by atoms with Crippen LogP contribution in [0.4, 0.5) is 22.7 Å². The summed E-state index contributed by atoms with van der Waals surface area (Å²) in [6, 6.07) is 83.1. The number of fused-ring (bicyclic) bond motifs is 1. The zero-order valence-electron chi connectivity index (χ0n) is 46.3. The molecule has 0 bridgehead atoms. The molecule has 11 aromatic rings. The van der Waals surface area contributed by atoms with Crippen LogP contribution < -0.4 is 35.3 Å². The van der Waals surface area contributed by atoms with Gasteiger partial charge in [-0.1, -0.05) is 219 Å². The van der Waals surface area contributed by atoms with Crippen molar-refractivity contribution in [1.29, 1.82) is 0 Å². The predicted molar refractivity (Wildman–Crippen MR) is 328 cm³/mol. The Labute approximate surface area is 481 Å². The van der Waals surface area contributed by atoms with Crippen molar-refractivity contribution < 1.29 is 25.8 Å². The van der Waals surface area contributed by atoms with Crippen LogP contribution in [0.25, 0.3) is 49.9 Å². The third kappa shape index (κ3) is 8.76. The minimum Gasteiger partial charge on any atom is -0.509 e. The summed E-state index contributed by atoms with van der Waals surface area (Å²) in [7, 11) is -2.91. The Hall–Kier alpha value is -7.76. The Bertz CT molecular complexity index is 4040. The van der Waals surface area contributed by atoms with Gasteiger partial charge in [-0.05, 0) is 95.3 Å².